The maximum Gasteiger partial charge on any atom is 0.222 e. The van der Waals surface area contributed by atoms with E-state index in [9.17, 15) is 4.79 Å². The number of carbonyl (C=O) groups is 1. The van der Waals surface area contributed by atoms with Crippen molar-refractivity contribution in [3.8, 4) is 5.75 Å². The summed E-state index contributed by atoms with van der Waals surface area (Å²) in [5.74, 6) is 1.28. The number of amides is 1. The third kappa shape index (κ3) is 6.76. The smallest absolute Gasteiger partial charge is 0.222 e. The van der Waals surface area contributed by atoms with Crippen LogP contribution < -0.4 is 15.4 Å². The van der Waals surface area contributed by atoms with Crippen LogP contribution in [0.25, 0.3) is 0 Å². The molecule has 0 unspecified atom stereocenters. The highest BCUT2D eigenvalue weighted by Gasteiger charge is 2.01. The van der Waals surface area contributed by atoms with Gasteiger partial charge < -0.3 is 15.4 Å². The summed E-state index contributed by atoms with van der Waals surface area (Å²) in [5.41, 5.74) is 0.815. The van der Waals surface area contributed by atoms with Gasteiger partial charge in [0, 0.05) is 12.6 Å². The minimum Gasteiger partial charge on any atom is -0.494 e. The zero-order valence-corrected chi connectivity index (χ0v) is 12.3. The minimum absolute atomic E-state index is 0.189. The second-order valence-corrected chi connectivity index (χ2v) is 5.10. The number of anilines is 1. The number of thiocarbonyl (C=S) groups is 1. The molecule has 0 radical (unpaired) electrons. The van der Waals surface area contributed by atoms with E-state index in [1.165, 1.54) is 6.92 Å². The third-order valence-electron chi connectivity index (χ3n) is 2.37. The Balaban J connectivity index is 2.43. The summed E-state index contributed by atoms with van der Waals surface area (Å²) in [5, 5.41) is 5.71. The molecule has 0 aromatic heterocycles. The standard InChI is InChI=1S/C14H20N2O2S/c1-10(2)8-9-18-13-6-4-12(5-7-13)16-14(19)15-11(3)17/h4-7,10H,8-9H2,1-3H3,(H2,15,16,17,19). The summed E-state index contributed by atoms with van der Waals surface area (Å²) >= 11 is 4.97. The van der Waals surface area contributed by atoms with Gasteiger partial charge in [0.1, 0.15) is 5.75 Å². The van der Waals surface area contributed by atoms with Crippen molar-refractivity contribution < 1.29 is 9.53 Å². The van der Waals surface area contributed by atoms with Crippen molar-refractivity contribution in [2.24, 2.45) is 5.92 Å². The van der Waals surface area contributed by atoms with Gasteiger partial charge in [0.25, 0.3) is 0 Å². The molecule has 0 aliphatic heterocycles. The van der Waals surface area contributed by atoms with E-state index < -0.39 is 0 Å². The quantitative estimate of drug-likeness (QED) is 0.814. The van der Waals surface area contributed by atoms with Gasteiger partial charge >= 0.3 is 0 Å². The van der Waals surface area contributed by atoms with Gasteiger partial charge in [-0.1, -0.05) is 13.8 Å². The number of hydrogen-bond donors (Lipinski definition) is 2. The monoisotopic (exact) mass is 280 g/mol. The van der Waals surface area contributed by atoms with E-state index in [0.717, 1.165) is 24.5 Å². The largest absolute Gasteiger partial charge is 0.494 e. The highest BCUT2D eigenvalue weighted by atomic mass is 32.1. The number of ether oxygens (including phenoxy) is 1. The van der Waals surface area contributed by atoms with Crippen molar-refractivity contribution in [2.75, 3.05) is 11.9 Å². The van der Waals surface area contributed by atoms with Gasteiger partial charge in [-0.15, -0.1) is 0 Å². The van der Waals surface area contributed by atoms with Gasteiger partial charge in [-0.3, -0.25) is 4.79 Å². The molecule has 0 fully saturated rings. The first-order chi connectivity index (χ1) is 8.97. The number of hydrogen-bond acceptors (Lipinski definition) is 3. The van der Waals surface area contributed by atoms with Gasteiger partial charge in [0.15, 0.2) is 5.11 Å². The van der Waals surface area contributed by atoms with E-state index in [2.05, 4.69) is 24.5 Å². The van der Waals surface area contributed by atoms with E-state index in [-0.39, 0.29) is 5.91 Å². The molecule has 1 amide bonds. The second kappa shape index (κ2) is 7.74. The lowest BCUT2D eigenvalue weighted by atomic mass is 10.1. The van der Waals surface area contributed by atoms with Gasteiger partial charge in [-0.2, -0.15) is 0 Å². The van der Waals surface area contributed by atoms with Crippen molar-refractivity contribution in [1.82, 2.24) is 5.32 Å². The first kappa shape index (κ1) is 15.4. The molecule has 4 nitrogen and oxygen atoms in total. The van der Waals surface area contributed by atoms with Crippen LogP contribution in [0.1, 0.15) is 27.2 Å². The normalized spacial score (nSPS) is 10.1. The summed E-state index contributed by atoms with van der Waals surface area (Å²) in [6.07, 6.45) is 1.03. The van der Waals surface area contributed by atoms with Crippen molar-refractivity contribution in [2.45, 2.75) is 27.2 Å². The predicted molar refractivity (Wildman–Crippen MR) is 81.4 cm³/mol. The SMILES string of the molecule is CC(=O)NC(=S)Nc1ccc(OCCC(C)C)cc1. The van der Waals surface area contributed by atoms with E-state index in [0.29, 0.717) is 11.0 Å². The van der Waals surface area contributed by atoms with Crippen molar-refractivity contribution in [3.05, 3.63) is 24.3 Å². The molecular weight excluding hydrogens is 260 g/mol. The summed E-state index contributed by atoms with van der Waals surface area (Å²) in [6.45, 7) is 6.47. The molecule has 0 spiro atoms. The van der Waals surface area contributed by atoms with Crippen LogP contribution in [0, 0.1) is 5.92 Å². The fourth-order valence-corrected chi connectivity index (χ4v) is 1.63. The Morgan fingerprint density at radius 2 is 1.95 bits per heavy atom. The molecule has 0 aliphatic rings. The van der Waals surface area contributed by atoms with Crippen LogP contribution in [0.5, 0.6) is 5.75 Å². The van der Waals surface area contributed by atoms with Crippen LogP contribution in [0.2, 0.25) is 0 Å². The third-order valence-corrected chi connectivity index (χ3v) is 2.57. The average Bonchev–Trinajstić information content (AvgIpc) is 2.29. The molecule has 2 N–H and O–H groups in total. The van der Waals surface area contributed by atoms with E-state index in [1.54, 1.807) is 0 Å². The van der Waals surface area contributed by atoms with Gasteiger partial charge in [0.05, 0.1) is 6.61 Å². The topological polar surface area (TPSA) is 50.4 Å². The Morgan fingerprint density at radius 1 is 1.32 bits per heavy atom. The minimum atomic E-state index is -0.189. The van der Waals surface area contributed by atoms with E-state index in [4.69, 9.17) is 17.0 Å². The Hall–Kier alpha value is -1.62. The molecule has 19 heavy (non-hydrogen) atoms. The number of rotatable bonds is 5. The van der Waals surface area contributed by atoms with E-state index >= 15 is 0 Å². The lowest BCUT2D eigenvalue weighted by Gasteiger charge is -2.10. The molecule has 0 bridgehead atoms. The second-order valence-electron chi connectivity index (χ2n) is 4.69. The Morgan fingerprint density at radius 3 is 2.47 bits per heavy atom. The lowest BCUT2D eigenvalue weighted by molar-refractivity contribution is -0.117. The summed E-state index contributed by atoms with van der Waals surface area (Å²) in [7, 11) is 0. The molecule has 0 saturated heterocycles. The first-order valence-electron chi connectivity index (χ1n) is 6.29. The number of carbonyl (C=O) groups excluding carboxylic acids is 1. The predicted octanol–water partition coefficient (Wildman–Crippen LogP) is 2.94. The summed E-state index contributed by atoms with van der Waals surface area (Å²) in [4.78, 5) is 10.8. The Labute approximate surface area is 119 Å². The molecule has 1 rings (SSSR count). The maximum absolute atomic E-state index is 10.8. The highest BCUT2D eigenvalue weighted by molar-refractivity contribution is 7.80. The fourth-order valence-electron chi connectivity index (χ4n) is 1.37. The van der Waals surface area contributed by atoms with Crippen molar-refractivity contribution >= 4 is 28.9 Å². The zero-order chi connectivity index (χ0) is 14.3. The van der Waals surface area contributed by atoms with Gasteiger partial charge in [-0.05, 0) is 48.8 Å². The zero-order valence-electron chi connectivity index (χ0n) is 11.5. The molecule has 5 heteroatoms. The van der Waals surface area contributed by atoms with Crippen molar-refractivity contribution in [3.63, 3.8) is 0 Å². The maximum atomic E-state index is 10.8. The van der Waals surface area contributed by atoms with Crippen LogP contribution >= 0.6 is 12.2 Å². The summed E-state index contributed by atoms with van der Waals surface area (Å²) in [6, 6.07) is 7.47. The molecule has 0 aliphatic carbocycles. The summed E-state index contributed by atoms with van der Waals surface area (Å²) < 4.78 is 5.61. The first-order valence-corrected chi connectivity index (χ1v) is 6.69. The van der Waals surface area contributed by atoms with Crippen LogP contribution in [0.4, 0.5) is 5.69 Å². The number of benzene rings is 1. The molecule has 1 aromatic rings. The fraction of sp³-hybridized carbons (Fsp3) is 0.429. The highest BCUT2D eigenvalue weighted by Crippen LogP contribution is 2.16. The molecule has 1 aromatic carbocycles. The molecule has 104 valence electrons. The van der Waals surface area contributed by atoms with E-state index in [1.807, 2.05) is 24.3 Å². The molecular formula is C14H20N2O2S. The lowest BCUT2D eigenvalue weighted by Crippen LogP contribution is -2.32. The molecule has 0 atom stereocenters. The Bertz CT molecular complexity index is 430. The molecule has 0 saturated carbocycles. The van der Waals surface area contributed by atoms with Gasteiger partial charge in [0.2, 0.25) is 5.91 Å². The number of nitrogens with one attached hydrogen (secondary N) is 2. The van der Waals surface area contributed by atoms with Gasteiger partial charge in [-0.25, -0.2) is 0 Å². The van der Waals surface area contributed by atoms with Crippen LogP contribution in [0.15, 0.2) is 24.3 Å². The average molecular weight is 280 g/mol. The van der Waals surface area contributed by atoms with Crippen molar-refractivity contribution in [1.29, 1.82) is 0 Å². The Kier molecular flexibility index (Phi) is 6.29. The van der Waals surface area contributed by atoms with Crippen LogP contribution in [-0.2, 0) is 4.79 Å². The molecule has 0 heterocycles. The van der Waals surface area contributed by atoms with Crippen LogP contribution in [0.3, 0.4) is 0 Å². The van der Waals surface area contributed by atoms with Crippen LogP contribution in [-0.4, -0.2) is 17.6 Å².